The SMILES string of the molecule is COc1ccc(NC(=O)CCc2nnc(-c3ccc(C)cc3)o2)cc1Cl. The molecule has 0 saturated carbocycles. The molecule has 0 bridgehead atoms. The van der Waals surface area contributed by atoms with Crippen molar-refractivity contribution in [2.75, 3.05) is 12.4 Å². The van der Waals surface area contributed by atoms with Crippen molar-refractivity contribution in [2.24, 2.45) is 0 Å². The summed E-state index contributed by atoms with van der Waals surface area (Å²) in [6.07, 6.45) is 0.577. The first-order valence-electron chi connectivity index (χ1n) is 8.08. The maximum atomic E-state index is 12.1. The molecule has 0 aliphatic rings. The first-order chi connectivity index (χ1) is 12.5. The van der Waals surface area contributed by atoms with E-state index in [9.17, 15) is 4.79 Å². The number of halogens is 1. The number of hydrogen-bond acceptors (Lipinski definition) is 5. The van der Waals surface area contributed by atoms with E-state index in [0.29, 0.717) is 34.7 Å². The molecule has 0 saturated heterocycles. The van der Waals surface area contributed by atoms with Crippen molar-refractivity contribution in [3.63, 3.8) is 0 Å². The van der Waals surface area contributed by atoms with Crippen LogP contribution in [-0.4, -0.2) is 23.2 Å². The number of aryl methyl sites for hydroxylation is 2. The van der Waals surface area contributed by atoms with Gasteiger partial charge in [0.2, 0.25) is 17.7 Å². The number of amides is 1. The highest BCUT2D eigenvalue weighted by molar-refractivity contribution is 6.32. The average molecular weight is 372 g/mol. The van der Waals surface area contributed by atoms with Crippen LogP contribution in [0.3, 0.4) is 0 Å². The highest BCUT2D eigenvalue weighted by Gasteiger charge is 2.11. The Morgan fingerprint density at radius 3 is 2.65 bits per heavy atom. The minimum absolute atomic E-state index is 0.165. The highest BCUT2D eigenvalue weighted by Crippen LogP contribution is 2.27. The monoisotopic (exact) mass is 371 g/mol. The van der Waals surface area contributed by atoms with E-state index in [1.165, 1.54) is 7.11 Å². The van der Waals surface area contributed by atoms with E-state index in [0.717, 1.165) is 11.1 Å². The van der Waals surface area contributed by atoms with Crippen LogP contribution >= 0.6 is 11.6 Å². The molecule has 3 aromatic rings. The molecular weight excluding hydrogens is 354 g/mol. The maximum Gasteiger partial charge on any atom is 0.247 e. The number of rotatable bonds is 6. The van der Waals surface area contributed by atoms with Crippen LogP contribution in [0.25, 0.3) is 11.5 Å². The van der Waals surface area contributed by atoms with Crippen molar-refractivity contribution in [3.8, 4) is 17.2 Å². The molecule has 0 aliphatic heterocycles. The molecule has 0 spiro atoms. The number of nitrogens with one attached hydrogen (secondary N) is 1. The van der Waals surface area contributed by atoms with E-state index in [1.54, 1.807) is 18.2 Å². The number of benzene rings is 2. The lowest BCUT2D eigenvalue weighted by Gasteiger charge is -2.07. The molecule has 0 aliphatic carbocycles. The Kier molecular flexibility index (Phi) is 5.53. The third-order valence-corrected chi connectivity index (χ3v) is 4.06. The van der Waals surface area contributed by atoms with Crippen molar-refractivity contribution < 1.29 is 13.9 Å². The molecule has 0 fully saturated rings. The zero-order chi connectivity index (χ0) is 18.5. The number of ether oxygens (including phenoxy) is 1. The third-order valence-electron chi connectivity index (χ3n) is 3.77. The number of hydrogen-bond donors (Lipinski definition) is 1. The predicted molar refractivity (Wildman–Crippen MR) is 99.4 cm³/mol. The van der Waals surface area contributed by atoms with Gasteiger partial charge in [0.25, 0.3) is 0 Å². The van der Waals surface area contributed by atoms with Crippen LogP contribution in [-0.2, 0) is 11.2 Å². The summed E-state index contributed by atoms with van der Waals surface area (Å²) in [5.74, 6) is 1.26. The van der Waals surface area contributed by atoms with E-state index in [4.69, 9.17) is 20.8 Å². The van der Waals surface area contributed by atoms with Gasteiger partial charge in [-0.2, -0.15) is 0 Å². The Hall–Kier alpha value is -2.86. The minimum Gasteiger partial charge on any atom is -0.495 e. The van der Waals surface area contributed by atoms with Gasteiger partial charge in [-0.3, -0.25) is 4.79 Å². The summed E-state index contributed by atoms with van der Waals surface area (Å²) in [7, 11) is 1.54. The predicted octanol–water partition coefficient (Wildman–Crippen LogP) is 4.28. The molecule has 7 heteroatoms. The lowest BCUT2D eigenvalue weighted by atomic mass is 10.1. The molecule has 3 rings (SSSR count). The van der Waals surface area contributed by atoms with E-state index in [2.05, 4.69) is 15.5 Å². The fraction of sp³-hybridized carbons (Fsp3) is 0.211. The van der Waals surface area contributed by atoms with Gasteiger partial charge in [-0.15, -0.1) is 10.2 Å². The summed E-state index contributed by atoms with van der Waals surface area (Å²) in [5, 5.41) is 11.2. The van der Waals surface area contributed by atoms with Gasteiger partial charge >= 0.3 is 0 Å². The van der Waals surface area contributed by atoms with Gasteiger partial charge < -0.3 is 14.5 Å². The van der Waals surface area contributed by atoms with Crippen LogP contribution in [0.1, 0.15) is 17.9 Å². The third kappa shape index (κ3) is 4.40. The molecule has 1 heterocycles. The molecular formula is C19H18ClN3O3. The molecule has 134 valence electrons. The topological polar surface area (TPSA) is 77.2 Å². The fourth-order valence-corrected chi connectivity index (χ4v) is 2.61. The van der Waals surface area contributed by atoms with Crippen molar-refractivity contribution in [1.29, 1.82) is 0 Å². The van der Waals surface area contributed by atoms with E-state index in [-0.39, 0.29) is 12.3 Å². The van der Waals surface area contributed by atoms with Crippen LogP contribution < -0.4 is 10.1 Å². The van der Waals surface area contributed by atoms with Crippen molar-refractivity contribution in [2.45, 2.75) is 19.8 Å². The number of methoxy groups -OCH3 is 1. The van der Waals surface area contributed by atoms with Crippen LogP contribution in [0.4, 0.5) is 5.69 Å². The normalized spacial score (nSPS) is 10.6. The van der Waals surface area contributed by atoms with Gasteiger partial charge in [0.1, 0.15) is 5.75 Å². The molecule has 1 N–H and O–H groups in total. The standard InChI is InChI=1S/C19H18ClN3O3/c1-12-3-5-13(6-4-12)19-23-22-18(26-19)10-9-17(24)21-14-7-8-16(25-2)15(20)11-14/h3-8,11H,9-10H2,1-2H3,(H,21,24). The Morgan fingerprint density at radius 2 is 1.96 bits per heavy atom. The summed E-state index contributed by atoms with van der Waals surface area (Å²) < 4.78 is 10.7. The van der Waals surface area contributed by atoms with Gasteiger partial charge in [-0.1, -0.05) is 29.3 Å². The van der Waals surface area contributed by atoms with Gasteiger partial charge in [0.05, 0.1) is 12.1 Å². The molecule has 0 radical (unpaired) electrons. The maximum absolute atomic E-state index is 12.1. The van der Waals surface area contributed by atoms with Gasteiger partial charge in [-0.05, 0) is 37.3 Å². The number of carbonyl (C=O) groups excluding carboxylic acids is 1. The molecule has 1 amide bonds. The van der Waals surface area contributed by atoms with Gasteiger partial charge in [-0.25, -0.2) is 0 Å². The quantitative estimate of drug-likeness (QED) is 0.699. The number of carbonyl (C=O) groups is 1. The van der Waals surface area contributed by atoms with E-state index >= 15 is 0 Å². The molecule has 26 heavy (non-hydrogen) atoms. The van der Waals surface area contributed by atoms with Gasteiger partial charge in [0, 0.05) is 24.1 Å². The fourth-order valence-electron chi connectivity index (χ4n) is 2.36. The lowest BCUT2D eigenvalue weighted by molar-refractivity contribution is -0.116. The Morgan fingerprint density at radius 1 is 1.19 bits per heavy atom. The minimum atomic E-state index is -0.165. The number of anilines is 1. The van der Waals surface area contributed by atoms with Crippen LogP contribution in [0.5, 0.6) is 5.75 Å². The molecule has 6 nitrogen and oxygen atoms in total. The summed E-state index contributed by atoms with van der Waals surface area (Å²) in [6.45, 7) is 2.01. The molecule has 1 aromatic heterocycles. The summed E-state index contributed by atoms with van der Waals surface area (Å²) in [5.41, 5.74) is 2.61. The van der Waals surface area contributed by atoms with Crippen molar-refractivity contribution in [1.82, 2.24) is 10.2 Å². The van der Waals surface area contributed by atoms with Gasteiger partial charge in [0.15, 0.2) is 0 Å². The van der Waals surface area contributed by atoms with E-state index in [1.807, 2.05) is 31.2 Å². The summed E-state index contributed by atoms with van der Waals surface area (Å²) >= 11 is 6.05. The summed E-state index contributed by atoms with van der Waals surface area (Å²) in [4.78, 5) is 12.1. The Bertz CT molecular complexity index is 907. The molecule has 0 unspecified atom stereocenters. The van der Waals surface area contributed by atoms with Crippen molar-refractivity contribution >= 4 is 23.2 Å². The average Bonchev–Trinajstić information content (AvgIpc) is 3.10. The van der Waals surface area contributed by atoms with E-state index < -0.39 is 0 Å². The molecule has 0 atom stereocenters. The second kappa shape index (κ2) is 8.01. The first-order valence-corrected chi connectivity index (χ1v) is 8.46. The van der Waals surface area contributed by atoms with Crippen molar-refractivity contribution in [3.05, 3.63) is 58.9 Å². The Labute approximate surface area is 156 Å². The second-order valence-corrected chi connectivity index (χ2v) is 6.17. The van der Waals surface area contributed by atoms with Crippen LogP contribution in [0, 0.1) is 6.92 Å². The smallest absolute Gasteiger partial charge is 0.247 e. The van der Waals surface area contributed by atoms with Crippen LogP contribution in [0.15, 0.2) is 46.9 Å². The second-order valence-electron chi connectivity index (χ2n) is 5.76. The lowest BCUT2D eigenvalue weighted by Crippen LogP contribution is -2.12. The zero-order valence-corrected chi connectivity index (χ0v) is 15.2. The largest absolute Gasteiger partial charge is 0.495 e. The Balaban J connectivity index is 1.56. The first kappa shape index (κ1) is 17.9. The highest BCUT2D eigenvalue weighted by atomic mass is 35.5. The van der Waals surface area contributed by atoms with Crippen LogP contribution in [0.2, 0.25) is 5.02 Å². The summed E-state index contributed by atoms with van der Waals surface area (Å²) in [6, 6.07) is 12.9. The number of nitrogens with zero attached hydrogens (tertiary/aromatic N) is 2. The zero-order valence-electron chi connectivity index (χ0n) is 14.5. The molecule has 2 aromatic carbocycles. The number of aromatic nitrogens is 2.